The van der Waals surface area contributed by atoms with Crippen LogP contribution in [0.1, 0.15) is 127 Å². The Morgan fingerprint density at radius 1 is 0.571 bits per heavy atom. The first-order chi connectivity index (χ1) is 17.0. The van der Waals surface area contributed by atoms with Crippen LogP contribution in [0.5, 0.6) is 11.5 Å². The SMILES string of the molecule is CCCCCC(C)CCCc1cccc(O)c1Cc1c(O)cccc1CCCC(C)CCCCC. The fourth-order valence-corrected chi connectivity index (χ4v) is 5.35. The standard InChI is InChI=1S/C33H52O2/c1-5-7-9-15-26(3)17-11-19-28-21-13-23-32(34)30(28)25-31-29(22-14-24-33(31)35)20-12-18-27(4)16-10-8-6-2/h13-14,21-24,26-27,34-35H,5-12,15-20,25H2,1-4H3. The minimum atomic E-state index is 0.359. The van der Waals surface area contributed by atoms with E-state index in [0.717, 1.165) is 48.6 Å². The van der Waals surface area contributed by atoms with Gasteiger partial charge in [0.2, 0.25) is 0 Å². The molecule has 0 amide bonds. The fourth-order valence-electron chi connectivity index (χ4n) is 5.35. The van der Waals surface area contributed by atoms with E-state index in [4.69, 9.17) is 0 Å². The Hall–Kier alpha value is -1.96. The second-order valence-corrected chi connectivity index (χ2v) is 11.0. The molecule has 0 bridgehead atoms. The number of unbranched alkanes of at least 4 members (excludes halogenated alkanes) is 4. The van der Waals surface area contributed by atoms with E-state index in [1.54, 1.807) is 12.1 Å². The van der Waals surface area contributed by atoms with Crippen LogP contribution in [-0.4, -0.2) is 10.2 Å². The monoisotopic (exact) mass is 480 g/mol. The average molecular weight is 481 g/mol. The van der Waals surface area contributed by atoms with Crippen LogP contribution < -0.4 is 0 Å². The highest BCUT2D eigenvalue weighted by Gasteiger charge is 2.15. The average Bonchev–Trinajstić information content (AvgIpc) is 2.83. The van der Waals surface area contributed by atoms with E-state index in [-0.39, 0.29) is 0 Å². The molecule has 2 unspecified atom stereocenters. The van der Waals surface area contributed by atoms with Crippen LogP contribution in [-0.2, 0) is 19.3 Å². The van der Waals surface area contributed by atoms with Crippen molar-refractivity contribution in [1.82, 2.24) is 0 Å². The van der Waals surface area contributed by atoms with E-state index in [1.807, 2.05) is 12.1 Å². The molecule has 0 radical (unpaired) electrons. The predicted octanol–water partition coefficient (Wildman–Crippen LogP) is 9.77. The molecule has 196 valence electrons. The van der Waals surface area contributed by atoms with Crippen LogP contribution in [0.3, 0.4) is 0 Å². The molecule has 0 aliphatic heterocycles. The first-order valence-electron chi connectivity index (χ1n) is 14.6. The molecule has 0 spiro atoms. The van der Waals surface area contributed by atoms with Crippen LogP contribution in [0.4, 0.5) is 0 Å². The molecule has 2 heteroatoms. The number of hydrogen-bond acceptors (Lipinski definition) is 2. The molecule has 2 nitrogen and oxygen atoms in total. The van der Waals surface area contributed by atoms with Crippen molar-refractivity contribution < 1.29 is 10.2 Å². The lowest BCUT2D eigenvalue weighted by molar-refractivity contribution is 0.446. The van der Waals surface area contributed by atoms with Gasteiger partial charge in [0.05, 0.1) is 0 Å². The lowest BCUT2D eigenvalue weighted by atomic mass is 9.89. The predicted molar refractivity (Wildman–Crippen MR) is 152 cm³/mol. The second kappa shape index (κ2) is 16.7. The van der Waals surface area contributed by atoms with Crippen molar-refractivity contribution >= 4 is 0 Å². The molecule has 2 rings (SSSR count). The van der Waals surface area contributed by atoms with Gasteiger partial charge in [0.25, 0.3) is 0 Å². The van der Waals surface area contributed by atoms with Crippen LogP contribution in [0.25, 0.3) is 0 Å². The molecule has 0 saturated carbocycles. The smallest absolute Gasteiger partial charge is 0.119 e. The van der Waals surface area contributed by atoms with Crippen LogP contribution in [0, 0.1) is 11.8 Å². The Kier molecular flexibility index (Phi) is 13.9. The van der Waals surface area contributed by atoms with Gasteiger partial charge in [-0.3, -0.25) is 0 Å². The molecule has 2 N–H and O–H groups in total. The molecular formula is C33H52O2. The van der Waals surface area contributed by atoms with Crippen LogP contribution in [0.15, 0.2) is 36.4 Å². The summed E-state index contributed by atoms with van der Waals surface area (Å²) < 4.78 is 0. The molecule has 0 fully saturated rings. The summed E-state index contributed by atoms with van der Waals surface area (Å²) in [5.41, 5.74) is 4.43. The van der Waals surface area contributed by atoms with Gasteiger partial charge in [-0.1, -0.05) is 116 Å². The minimum absolute atomic E-state index is 0.359. The summed E-state index contributed by atoms with van der Waals surface area (Å²) in [4.78, 5) is 0. The highest BCUT2D eigenvalue weighted by molar-refractivity contribution is 5.48. The first kappa shape index (κ1) is 29.3. The molecule has 2 atom stereocenters. The number of hydrogen-bond donors (Lipinski definition) is 2. The molecule has 2 aromatic carbocycles. The van der Waals surface area contributed by atoms with Gasteiger partial charge in [-0.2, -0.15) is 0 Å². The molecular weight excluding hydrogens is 428 g/mol. The summed E-state index contributed by atoms with van der Waals surface area (Å²) in [6, 6.07) is 11.8. The Balaban J connectivity index is 2.02. The third kappa shape index (κ3) is 10.7. The van der Waals surface area contributed by atoms with E-state index in [2.05, 4.69) is 39.8 Å². The van der Waals surface area contributed by atoms with Crippen molar-refractivity contribution in [3.63, 3.8) is 0 Å². The third-order valence-electron chi connectivity index (χ3n) is 7.74. The highest BCUT2D eigenvalue weighted by Crippen LogP contribution is 2.32. The summed E-state index contributed by atoms with van der Waals surface area (Å²) in [5, 5.41) is 21.5. The molecule has 0 aliphatic carbocycles. The highest BCUT2D eigenvalue weighted by atomic mass is 16.3. The number of rotatable bonds is 18. The molecule has 0 saturated heterocycles. The zero-order valence-electron chi connectivity index (χ0n) is 23.1. The van der Waals surface area contributed by atoms with E-state index in [9.17, 15) is 10.2 Å². The van der Waals surface area contributed by atoms with E-state index in [0.29, 0.717) is 17.9 Å². The molecule has 35 heavy (non-hydrogen) atoms. The van der Waals surface area contributed by atoms with Crippen molar-refractivity contribution in [2.45, 2.75) is 124 Å². The van der Waals surface area contributed by atoms with Gasteiger partial charge < -0.3 is 10.2 Å². The van der Waals surface area contributed by atoms with Gasteiger partial charge in [0.15, 0.2) is 0 Å². The summed E-state index contributed by atoms with van der Waals surface area (Å²) in [6.07, 6.45) is 17.9. The summed E-state index contributed by atoms with van der Waals surface area (Å²) in [5.74, 6) is 2.24. The topological polar surface area (TPSA) is 40.5 Å². The van der Waals surface area contributed by atoms with Crippen molar-refractivity contribution in [3.8, 4) is 11.5 Å². The van der Waals surface area contributed by atoms with Gasteiger partial charge in [-0.25, -0.2) is 0 Å². The number of phenolic OH excluding ortho intramolecular Hbond substituents is 2. The number of benzene rings is 2. The lowest BCUT2D eigenvalue weighted by Gasteiger charge is -2.17. The Bertz CT molecular complexity index is 771. The fraction of sp³-hybridized carbons (Fsp3) is 0.636. The van der Waals surface area contributed by atoms with Gasteiger partial charge in [0, 0.05) is 17.5 Å². The summed E-state index contributed by atoms with van der Waals surface area (Å²) in [6.45, 7) is 9.27. The molecule has 0 aromatic heterocycles. The quantitative estimate of drug-likeness (QED) is 0.208. The number of aromatic hydroxyl groups is 2. The Morgan fingerprint density at radius 3 is 1.37 bits per heavy atom. The summed E-state index contributed by atoms with van der Waals surface area (Å²) in [7, 11) is 0. The Labute approximate surface area is 216 Å². The maximum absolute atomic E-state index is 10.8. The second-order valence-electron chi connectivity index (χ2n) is 11.0. The van der Waals surface area contributed by atoms with Crippen LogP contribution in [0.2, 0.25) is 0 Å². The van der Waals surface area contributed by atoms with Crippen molar-refractivity contribution in [1.29, 1.82) is 0 Å². The molecule has 0 heterocycles. The normalized spacial score (nSPS) is 13.1. The maximum Gasteiger partial charge on any atom is 0.119 e. The van der Waals surface area contributed by atoms with Crippen molar-refractivity contribution in [2.75, 3.05) is 0 Å². The van der Waals surface area contributed by atoms with Crippen LogP contribution >= 0.6 is 0 Å². The maximum atomic E-state index is 10.8. The zero-order chi connectivity index (χ0) is 25.5. The van der Waals surface area contributed by atoms with E-state index < -0.39 is 0 Å². The third-order valence-corrected chi connectivity index (χ3v) is 7.74. The minimum Gasteiger partial charge on any atom is -0.508 e. The van der Waals surface area contributed by atoms with Gasteiger partial charge in [-0.05, 0) is 60.8 Å². The zero-order valence-corrected chi connectivity index (χ0v) is 23.1. The number of phenols is 2. The van der Waals surface area contributed by atoms with Gasteiger partial charge in [0.1, 0.15) is 11.5 Å². The van der Waals surface area contributed by atoms with E-state index >= 15 is 0 Å². The number of aryl methyl sites for hydroxylation is 2. The van der Waals surface area contributed by atoms with Gasteiger partial charge >= 0.3 is 0 Å². The van der Waals surface area contributed by atoms with Crippen molar-refractivity contribution in [2.24, 2.45) is 11.8 Å². The summed E-state index contributed by atoms with van der Waals surface area (Å²) >= 11 is 0. The molecule has 0 aliphatic rings. The Morgan fingerprint density at radius 2 is 0.971 bits per heavy atom. The van der Waals surface area contributed by atoms with E-state index in [1.165, 1.54) is 75.3 Å². The largest absolute Gasteiger partial charge is 0.508 e. The lowest BCUT2D eigenvalue weighted by Crippen LogP contribution is -2.03. The van der Waals surface area contributed by atoms with Gasteiger partial charge in [-0.15, -0.1) is 0 Å². The van der Waals surface area contributed by atoms with Crippen molar-refractivity contribution in [3.05, 3.63) is 58.7 Å². The first-order valence-corrected chi connectivity index (χ1v) is 14.6. The molecule has 2 aromatic rings.